The van der Waals surface area contributed by atoms with Gasteiger partial charge in [0.25, 0.3) is 11.7 Å². The van der Waals surface area contributed by atoms with Crippen molar-refractivity contribution in [3.05, 3.63) is 70.3 Å². The largest absolute Gasteiger partial charge is 0.507 e. The van der Waals surface area contributed by atoms with Crippen molar-refractivity contribution < 1.29 is 19.4 Å². The molecule has 1 saturated heterocycles. The molecular weight excluding hydrogens is 452 g/mol. The number of Topliss-reactive ketones (excluding diaryl/α,β-unsaturated/α-hetero) is 1. The van der Waals surface area contributed by atoms with Gasteiger partial charge in [-0.2, -0.15) is 0 Å². The molecule has 2 aromatic rings. The SMILES string of the molecule is CCCOc1ccc(C(O)=C2C(=O)C(=O)N(CCN(CC)CC)[C@H]2c2ccc(C(C)C)cc2)c(C)c1. The van der Waals surface area contributed by atoms with E-state index in [0.29, 0.717) is 36.9 Å². The van der Waals surface area contributed by atoms with Crippen molar-refractivity contribution in [1.82, 2.24) is 9.80 Å². The quantitative estimate of drug-likeness (QED) is 0.249. The van der Waals surface area contributed by atoms with E-state index in [2.05, 4.69) is 32.6 Å². The van der Waals surface area contributed by atoms with Crippen LogP contribution in [0.4, 0.5) is 0 Å². The molecule has 194 valence electrons. The van der Waals surface area contributed by atoms with E-state index in [0.717, 1.165) is 30.6 Å². The number of nitrogens with zero attached hydrogens (tertiary/aromatic N) is 2. The van der Waals surface area contributed by atoms with Crippen molar-refractivity contribution in [2.24, 2.45) is 0 Å². The first-order valence-electron chi connectivity index (χ1n) is 13.1. The van der Waals surface area contributed by atoms with Gasteiger partial charge >= 0.3 is 0 Å². The van der Waals surface area contributed by atoms with E-state index in [1.165, 1.54) is 5.56 Å². The van der Waals surface area contributed by atoms with Crippen LogP contribution in [0, 0.1) is 6.92 Å². The van der Waals surface area contributed by atoms with Crippen LogP contribution >= 0.6 is 0 Å². The molecule has 6 heteroatoms. The Bertz CT molecular complexity index is 1100. The Morgan fingerprint density at radius 2 is 1.72 bits per heavy atom. The number of carbonyl (C=O) groups is 2. The Hall–Kier alpha value is -3.12. The minimum absolute atomic E-state index is 0.141. The zero-order valence-electron chi connectivity index (χ0n) is 22.5. The highest BCUT2D eigenvalue weighted by atomic mass is 16.5. The number of aryl methyl sites for hydroxylation is 1. The first-order valence-corrected chi connectivity index (χ1v) is 13.1. The second-order valence-electron chi connectivity index (χ2n) is 9.67. The Balaban J connectivity index is 2.09. The molecule has 0 unspecified atom stereocenters. The second kappa shape index (κ2) is 12.2. The number of aliphatic hydroxyl groups excluding tert-OH is 1. The minimum Gasteiger partial charge on any atom is -0.507 e. The molecule has 0 bridgehead atoms. The maximum Gasteiger partial charge on any atom is 0.295 e. The third-order valence-electron chi connectivity index (χ3n) is 6.94. The van der Waals surface area contributed by atoms with E-state index in [4.69, 9.17) is 4.74 Å². The lowest BCUT2D eigenvalue weighted by molar-refractivity contribution is -0.140. The third kappa shape index (κ3) is 5.81. The first-order chi connectivity index (χ1) is 17.2. The number of ketones is 1. The van der Waals surface area contributed by atoms with Gasteiger partial charge in [-0.15, -0.1) is 0 Å². The Morgan fingerprint density at radius 1 is 1.06 bits per heavy atom. The van der Waals surface area contributed by atoms with Gasteiger partial charge < -0.3 is 19.6 Å². The molecular formula is C30H40N2O4. The Labute approximate surface area is 215 Å². The van der Waals surface area contributed by atoms with E-state index in [1.807, 2.05) is 44.2 Å². The molecule has 3 rings (SSSR count). The Kier molecular flexibility index (Phi) is 9.32. The standard InChI is InChI=1S/C30H40N2O4/c1-7-18-36-24-14-15-25(21(6)19-24)28(33)26-27(23-12-10-22(11-13-23)20(4)5)32(30(35)29(26)34)17-16-31(8-2)9-3/h10-15,19-20,27,33H,7-9,16-18H2,1-6H3/t27-/m0/s1. The molecule has 2 aromatic carbocycles. The molecule has 1 aliphatic rings. The normalized spacial score (nSPS) is 17.4. The van der Waals surface area contributed by atoms with E-state index in [9.17, 15) is 14.7 Å². The van der Waals surface area contributed by atoms with Crippen LogP contribution in [0.1, 0.15) is 75.3 Å². The molecule has 1 N–H and O–H groups in total. The lowest BCUT2D eigenvalue weighted by Crippen LogP contribution is -2.38. The molecule has 0 aromatic heterocycles. The fourth-order valence-electron chi connectivity index (χ4n) is 4.67. The van der Waals surface area contributed by atoms with Gasteiger partial charge in [0.15, 0.2) is 0 Å². The smallest absolute Gasteiger partial charge is 0.295 e. The first kappa shape index (κ1) is 27.5. The number of likely N-dealkylation sites (tertiary alicyclic amines) is 1. The summed E-state index contributed by atoms with van der Waals surface area (Å²) in [4.78, 5) is 30.4. The topological polar surface area (TPSA) is 70.1 Å². The van der Waals surface area contributed by atoms with Gasteiger partial charge in [0.2, 0.25) is 0 Å². The number of hydrogen-bond donors (Lipinski definition) is 1. The number of hydrogen-bond acceptors (Lipinski definition) is 5. The number of rotatable bonds is 11. The summed E-state index contributed by atoms with van der Waals surface area (Å²) in [6.07, 6.45) is 0.896. The van der Waals surface area contributed by atoms with Crippen LogP contribution in [-0.4, -0.2) is 59.4 Å². The van der Waals surface area contributed by atoms with Gasteiger partial charge in [-0.25, -0.2) is 0 Å². The van der Waals surface area contributed by atoms with Gasteiger partial charge in [-0.3, -0.25) is 9.59 Å². The molecule has 36 heavy (non-hydrogen) atoms. The summed E-state index contributed by atoms with van der Waals surface area (Å²) in [5.74, 6) is -0.273. The maximum absolute atomic E-state index is 13.3. The molecule has 0 radical (unpaired) electrons. The van der Waals surface area contributed by atoms with Crippen molar-refractivity contribution in [2.45, 2.75) is 59.9 Å². The highest BCUT2D eigenvalue weighted by molar-refractivity contribution is 6.46. The molecule has 1 heterocycles. The van der Waals surface area contributed by atoms with Gasteiger partial charge in [0, 0.05) is 18.7 Å². The summed E-state index contributed by atoms with van der Waals surface area (Å²) < 4.78 is 5.72. The van der Waals surface area contributed by atoms with Crippen LogP contribution in [0.25, 0.3) is 5.76 Å². The summed E-state index contributed by atoms with van der Waals surface area (Å²) in [6, 6.07) is 12.8. The summed E-state index contributed by atoms with van der Waals surface area (Å²) >= 11 is 0. The summed E-state index contributed by atoms with van der Waals surface area (Å²) in [5, 5.41) is 11.4. The van der Waals surface area contributed by atoms with Gasteiger partial charge in [-0.05, 0) is 67.2 Å². The van der Waals surface area contributed by atoms with E-state index in [-0.39, 0.29) is 11.3 Å². The molecule has 1 fully saturated rings. The number of likely N-dealkylation sites (N-methyl/N-ethyl adjacent to an activating group) is 1. The van der Waals surface area contributed by atoms with Gasteiger partial charge in [-0.1, -0.05) is 58.9 Å². The van der Waals surface area contributed by atoms with Crippen LogP contribution < -0.4 is 4.74 Å². The minimum atomic E-state index is -0.643. The number of aliphatic hydroxyl groups is 1. The number of ether oxygens (including phenoxy) is 1. The lowest BCUT2D eigenvalue weighted by Gasteiger charge is -2.28. The van der Waals surface area contributed by atoms with Crippen LogP contribution in [0.2, 0.25) is 0 Å². The molecule has 6 nitrogen and oxygen atoms in total. The number of amides is 1. The summed E-state index contributed by atoms with van der Waals surface area (Å²) in [7, 11) is 0. The van der Waals surface area contributed by atoms with Crippen molar-refractivity contribution >= 4 is 17.4 Å². The van der Waals surface area contributed by atoms with Gasteiger partial charge in [0.1, 0.15) is 11.5 Å². The molecule has 0 aliphatic carbocycles. The van der Waals surface area contributed by atoms with E-state index < -0.39 is 17.7 Å². The Morgan fingerprint density at radius 3 is 2.28 bits per heavy atom. The van der Waals surface area contributed by atoms with Gasteiger partial charge in [0.05, 0.1) is 18.2 Å². The average molecular weight is 493 g/mol. The summed E-state index contributed by atoms with van der Waals surface area (Å²) in [6.45, 7) is 15.7. The number of benzene rings is 2. The third-order valence-corrected chi connectivity index (χ3v) is 6.94. The molecule has 1 amide bonds. The van der Waals surface area contributed by atoms with Crippen LogP contribution in [-0.2, 0) is 9.59 Å². The molecule has 0 spiro atoms. The highest BCUT2D eigenvalue weighted by Crippen LogP contribution is 2.40. The zero-order valence-corrected chi connectivity index (χ0v) is 22.5. The summed E-state index contributed by atoms with van der Waals surface area (Å²) in [5.41, 5.74) is 3.45. The van der Waals surface area contributed by atoms with Crippen LogP contribution in [0.15, 0.2) is 48.0 Å². The fraction of sp³-hybridized carbons (Fsp3) is 0.467. The highest BCUT2D eigenvalue weighted by Gasteiger charge is 2.46. The lowest BCUT2D eigenvalue weighted by atomic mass is 9.92. The molecule has 0 saturated carbocycles. The maximum atomic E-state index is 13.3. The van der Waals surface area contributed by atoms with Crippen molar-refractivity contribution in [3.8, 4) is 5.75 Å². The second-order valence-corrected chi connectivity index (χ2v) is 9.67. The van der Waals surface area contributed by atoms with Crippen LogP contribution in [0.5, 0.6) is 5.75 Å². The van der Waals surface area contributed by atoms with E-state index >= 15 is 0 Å². The predicted octanol–water partition coefficient (Wildman–Crippen LogP) is 5.67. The number of carbonyl (C=O) groups excluding carboxylic acids is 2. The molecule has 1 aliphatic heterocycles. The monoisotopic (exact) mass is 492 g/mol. The predicted molar refractivity (Wildman–Crippen MR) is 144 cm³/mol. The molecule has 1 atom stereocenters. The average Bonchev–Trinajstić information content (AvgIpc) is 3.12. The van der Waals surface area contributed by atoms with Crippen LogP contribution in [0.3, 0.4) is 0 Å². The zero-order chi connectivity index (χ0) is 26.4. The van der Waals surface area contributed by atoms with Crippen molar-refractivity contribution in [1.29, 1.82) is 0 Å². The fourth-order valence-corrected chi connectivity index (χ4v) is 4.67. The van der Waals surface area contributed by atoms with Crippen molar-refractivity contribution in [2.75, 3.05) is 32.8 Å². The van der Waals surface area contributed by atoms with E-state index in [1.54, 1.807) is 17.0 Å². The van der Waals surface area contributed by atoms with Crippen molar-refractivity contribution in [3.63, 3.8) is 0 Å².